The molecule has 68 valence electrons. The molecule has 0 aliphatic heterocycles. The van der Waals surface area contributed by atoms with Gasteiger partial charge in [0.25, 0.3) is 0 Å². The Kier molecular flexibility index (Phi) is 3.02. The normalized spacial score (nSPS) is 11.5. The highest BCUT2D eigenvalue weighted by Crippen LogP contribution is 2.16. The Balaban J connectivity index is 3.21. The Morgan fingerprint density at radius 3 is 2.08 bits per heavy atom. The first-order chi connectivity index (χ1) is 6.17. The third-order valence-electron chi connectivity index (χ3n) is 1.99. The lowest BCUT2D eigenvalue weighted by atomic mass is 10.0. The van der Waals surface area contributed by atoms with Crippen molar-refractivity contribution in [2.24, 2.45) is 0 Å². The van der Waals surface area contributed by atoms with E-state index in [9.17, 15) is 4.79 Å². The smallest absolute Gasteiger partial charge is 0.150 e. The van der Waals surface area contributed by atoms with Gasteiger partial charge in [0.1, 0.15) is 6.29 Å². The molecule has 0 N–H and O–H groups in total. The van der Waals surface area contributed by atoms with Gasteiger partial charge in [-0.2, -0.15) is 0 Å². The van der Waals surface area contributed by atoms with E-state index >= 15 is 0 Å². The maximum Gasteiger partial charge on any atom is 0.150 e. The minimum atomic E-state index is 0.756. The first-order valence-corrected chi connectivity index (χ1v) is 4.37. The molecule has 0 heterocycles. The third kappa shape index (κ3) is 2.28. The van der Waals surface area contributed by atoms with Crippen molar-refractivity contribution in [2.75, 3.05) is 0 Å². The lowest BCUT2D eigenvalue weighted by Gasteiger charge is -2.03. The van der Waals surface area contributed by atoms with E-state index in [1.807, 2.05) is 39.0 Å². The zero-order valence-corrected chi connectivity index (χ0v) is 8.29. The molecule has 1 rings (SSSR count). The van der Waals surface area contributed by atoms with E-state index in [0.717, 1.165) is 17.4 Å². The van der Waals surface area contributed by atoms with E-state index in [1.165, 1.54) is 11.1 Å². The van der Waals surface area contributed by atoms with Crippen LogP contribution in [0.2, 0.25) is 0 Å². The molecule has 0 atom stereocenters. The molecular weight excluding hydrogens is 160 g/mol. The molecule has 0 saturated heterocycles. The Morgan fingerprint density at radius 2 is 1.69 bits per heavy atom. The van der Waals surface area contributed by atoms with Gasteiger partial charge in [-0.3, -0.25) is 4.79 Å². The van der Waals surface area contributed by atoms with Gasteiger partial charge in [-0.15, -0.1) is 0 Å². The molecule has 0 unspecified atom stereocenters. The summed E-state index contributed by atoms with van der Waals surface area (Å²) in [4.78, 5) is 10.7. The average Bonchev–Trinajstić information content (AvgIpc) is 2.04. The van der Waals surface area contributed by atoms with Crippen molar-refractivity contribution in [3.8, 4) is 0 Å². The number of carbonyl (C=O) groups is 1. The summed E-state index contributed by atoms with van der Waals surface area (Å²) in [6.07, 6.45) is 2.73. The van der Waals surface area contributed by atoms with Gasteiger partial charge in [0.15, 0.2) is 0 Å². The van der Waals surface area contributed by atoms with E-state index in [2.05, 4.69) is 6.07 Å². The predicted molar refractivity (Wildman–Crippen MR) is 55.6 cm³/mol. The second kappa shape index (κ2) is 4.04. The predicted octanol–water partition coefficient (Wildman–Crippen LogP) is 2.91. The van der Waals surface area contributed by atoms with Crippen LogP contribution in [0.15, 0.2) is 24.3 Å². The lowest BCUT2D eigenvalue weighted by Crippen LogP contribution is -1.88. The summed E-state index contributed by atoms with van der Waals surface area (Å²) in [6.45, 7) is 5.95. The fourth-order valence-electron chi connectivity index (χ4n) is 1.44. The Morgan fingerprint density at radius 1 is 1.15 bits per heavy atom. The standard InChI is InChI=1S/C12H14O/c1-4-11(8-13)12-6-9(2)5-10(3)7-12/h4-8H,1-3H3. The van der Waals surface area contributed by atoms with Crippen molar-refractivity contribution in [1.82, 2.24) is 0 Å². The largest absolute Gasteiger partial charge is 0.298 e. The summed E-state index contributed by atoms with van der Waals surface area (Å²) in [6, 6.07) is 6.15. The summed E-state index contributed by atoms with van der Waals surface area (Å²) in [7, 11) is 0. The number of benzene rings is 1. The molecule has 1 nitrogen and oxygen atoms in total. The van der Waals surface area contributed by atoms with Gasteiger partial charge in [0.2, 0.25) is 0 Å². The molecule has 0 bridgehead atoms. The molecule has 0 aliphatic rings. The van der Waals surface area contributed by atoms with Gasteiger partial charge < -0.3 is 0 Å². The van der Waals surface area contributed by atoms with Crippen LogP contribution in [0, 0.1) is 13.8 Å². The van der Waals surface area contributed by atoms with Crippen molar-refractivity contribution in [1.29, 1.82) is 0 Å². The number of allylic oxidation sites excluding steroid dienone is 2. The first-order valence-electron chi connectivity index (χ1n) is 4.37. The minimum absolute atomic E-state index is 0.756. The molecule has 0 spiro atoms. The fraction of sp³-hybridized carbons (Fsp3) is 0.250. The topological polar surface area (TPSA) is 17.1 Å². The Labute approximate surface area is 79.1 Å². The molecule has 0 radical (unpaired) electrons. The molecule has 1 aromatic carbocycles. The lowest BCUT2D eigenvalue weighted by molar-refractivity contribution is -0.103. The van der Waals surface area contributed by atoms with Crippen LogP contribution in [0.25, 0.3) is 5.57 Å². The molecule has 0 saturated carbocycles. The van der Waals surface area contributed by atoms with Gasteiger partial charge in [0, 0.05) is 5.57 Å². The van der Waals surface area contributed by atoms with Crippen LogP contribution in [0.5, 0.6) is 0 Å². The van der Waals surface area contributed by atoms with Crippen LogP contribution < -0.4 is 0 Å². The summed E-state index contributed by atoms with van der Waals surface area (Å²) >= 11 is 0. The van der Waals surface area contributed by atoms with Crippen LogP contribution in [0.4, 0.5) is 0 Å². The maximum absolute atomic E-state index is 10.7. The third-order valence-corrected chi connectivity index (χ3v) is 1.99. The molecular formula is C12H14O. The van der Waals surface area contributed by atoms with Gasteiger partial charge in [-0.1, -0.05) is 35.4 Å². The monoisotopic (exact) mass is 174 g/mol. The fourth-order valence-corrected chi connectivity index (χ4v) is 1.44. The molecule has 0 amide bonds. The SMILES string of the molecule is CC=C(C=O)c1cc(C)cc(C)c1. The maximum atomic E-state index is 10.7. The van der Waals surface area contributed by atoms with Crippen molar-refractivity contribution < 1.29 is 4.79 Å². The van der Waals surface area contributed by atoms with Crippen molar-refractivity contribution in [3.63, 3.8) is 0 Å². The number of hydrogen-bond acceptors (Lipinski definition) is 1. The second-order valence-corrected chi connectivity index (χ2v) is 3.24. The molecule has 1 heteroatoms. The van der Waals surface area contributed by atoms with Gasteiger partial charge in [0.05, 0.1) is 0 Å². The van der Waals surface area contributed by atoms with Gasteiger partial charge >= 0.3 is 0 Å². The average molecular weight is 174 g/mol. The van der Waals surface area contributed by atoms with Crippen LogP contribution in [0.3, 0.4) is 0 Å². The molecule has 1 aromatic rings. The molecule has 0 fully saturated rings. The summed E-state index contributed by atoms with van der Waals surface area (Å²) in [5, 5.41) is 0. The number of rotatable bonds is 2. The molecule has 0 aromatic heterocycles. The van der Waals surface area contributed by atoms with Crippen LogP contribution in [0.1, 0.15) is 23.6 Å². The van der Waals surface area contributed by atoms with E-state index in [1.54, 1.807) is 0 Å². The van der Waals surface area contributed by atoms with Crippen LogP contribution in [-0.4, -0.2) is 6.29 Å². The van der Waals surface area contributed by atoms with Crippen molar-refractivity contribution >= 4 is 11.9 Å². The highest BCUT2D eigenvalue weighted by Gasteiger charge is 1.99. The van der Waals surface area contributed by atoms with Gasteiger partial charge in [-0.25, -0.2) is 0 Å². The zero-order valence-electron chi connectivity index (χ0n) is 8.29. The minimum Gasteiger partial charge on any atom is -0.298 e. The Bertz CT molecular complexity index is 328. The highest BCUT2D eigenvalue weighted by molar-refractivity contribution is 6.06. The van der Waals surface area contributed by atoms with Crippen LogP contribution in [-0.2, 0) is 4.79 Å². The quantitative estimate of drug-likeness (QED) is 0.497. The number of hydrogen-bond donors (Lipinski definition) is 0. The Hall–Kier alpha value is -1.37. The highest BCUT2D eigenvalue weighted by atomic mass is 16.1. The summed E-state index contributed by atoms with van der Waals surface area (Å²) in [5.74, 6) is 0. The van der Waals surface area contributed by atoms with E-state index < -0.39 is 0 Å². The molecule has 0 aliphatic carbocycles. The van der Waals surface area contributed by atoms with Gasteiger partial charge in [-0.05, 0) is 26.3 Å². The van der Waals surface area contributed by atoms with E-state index in [4.69, 9.17) is 0 Å². The number of aldehydes is 1. The van der Waals surface area contributed by atoms with E-state index in [0.29, 0.717) is 0 Å². The van der Waals surface area contributed by atoms with Crippen molar-refractivity contribution in [3.05, 3.63) is 41.0 Å². The summed E-state index contributed by atoms with van der Waals surface area (Å²) < 4.78 is 0. The second-order valence-electron chi connectivity index (χ2n) is 3.24. The van der Waals surface area contributed by atoms with Crippen molar-refractivity contribution in [2.45, 2.75) is 20.8 Å². The van der Waals surface area contributed by atoms with Crippen LogP contribution >= 0.6 is 0 Å². The number of aryl methyl sites for hydroxylation is 2. The molecule has 13 heavy (non-hydrogen) atoms. The summed E-state index contributed by atoms with van der Waals surface area (Å²) in [5.41, 5.74) is 4.15. The van der Waals surface area contributed by atoms with E-state index in [-0.39, 0.29) is 0 Å². The number of carbonyl (C=O) groups excluding carboxylic acids is 1. The zero-order chi connectivity index (χ0) is 9.84. The first kappa shape index (κ1) is 9.72.